The molecule has 0 aromatic heterocycles. The normalized spacial score (nSPS) is 13.8. The van der Waals surface area contributed by atoms with Crippen LogP contribution >= 0.6 is 0 Å². The molecule has 9 aromatic rings. The maximum atomic E-state index is 5.12. The van der Waals surface area contributed by atoms with E-state index < -0.39 is 0 Å². The molecule has 0 saturated heterocycles. The van der Waals surface area contributed by atoms with Crippen LogP contribution in [-0.4, -0.2) is 5.71 Å². The Morgan fingerprint density at radius 3 is 1.67 bits per heavy atom. The molecule has 0 N–H and O–H groups in total. The second kappa shape index (κ2) is 12.1. The van der Waals surface area contributed by atoms with E-state index in [4.69, 9.17) is 4.99 Å². The van der Waals surface area contributed by atoms with E-state index in [0.717, 1.165) is 11.4 Å². The second-order valence-electron chi connectivity index (χ2n) is 13.5. The third kappa shape index (κ3) is 4.97. The maximum absolute atomic E-state index is 5.12. The van der Waals surface area contributed by atoms with Crippen LogP contribution in [0.5, 0.6) is 0 Å². The number of para-hydroxylation sites is 1. The zero-order chi connectivity index (χ0) is 33.7. The van der Waals surface area contributed by atoms with Gasteiger partial charge in [0.05, 0.1) is 17.3 Å². The minimum Gasteiger partial charge on any atom is -0.252 e. The van der Waals surface area contributed by atoms with Crippen LogP contribution in [0.1, 0.15) is 22.6 Å². The van der Waals surface area contributed by atoms with Crippen LogP contribution in [0.3, 0.4) is 0 Å². The predicted molar refractivity (Wildman–Crippen MR) is 216 cm³/mol. The summed E-state index contributed by atoms with van der Waals surface area (Å²) in [7, 11) is 0. The molecule has 9 aromatic carbocycles. The van der Waals surface area contributed by atoms with Crippen molar-refractivity contribution in [3.8, 4) is 33.4 Å². The van der Waals surface area contributed by atoms with Crippen molar-refractivity contribution in [2.24, 2.45) is 4.99 Å². The molecule has 0 bridgehead atoms. The Bertz CT molecular complexity index is 2780. The molecule has 1 aliphatic rings. The van der Waals surface area contributed by atoms with Crippen molar-refractivity contribution in [3.05, 3.63) is 211 Å². The zero-order valence-electron chi connectivity index (χ0n) is 28.0. The quantitative estimate of drug-likeness (QED) is 0.165. The molecule has 0 radical (unpaired) electrons. The van der Waals surface area contributed by atoms with Crippen molar-refractivity contribution in [2.75, 3.05) is 0 Å². The standard InChI is InChI=1S/C50H33N/c1-3-14-35(15-4-1)47-41-19-9-10-20-42(41)48(40-28-25-33-13-7-8-18-38(33)31-40)43-30-29-39(32-45(43)47)34-23-26-36(27-24-34)49-44-21-11-12-22-46(44)51-50(49)37-16-5-2-6-17-37/h1-32,49H. The van der Waals surface area contributed by atoms with E-state index in [0.29, 0.717) is 0 Å². The summed E-state index contributed by atoms with van der Waals surface area (Å²) >= 11 is 0. The number of aliphatic imine (C=N–C) groups is 1. The molecule has 1 atom stereocenters. The summed E-state index contributed by atoms with van der Waals surface area (Å²) in [6.07, 6.45) is 0. The van der Waals surface area contributed by atoms with E-state index in [1.807, 2.05) is 0 Å². The van der Waals surface area contributed by atoms with Gasteiger partial charge < -0.3 is 0 Å². The molecule has 1 unspecified atom stereocenters. The summed E-state index contributed by atoms with van der Waals surface area (Å²) in [6.45, 7) is 0. The molecule has 0 fully saturated rings. The highest BCUT2D eigenvalue weighted by molar-refractivity contribution is 6.22. The molecule has 1 aliphatic heterocycles. The van der Waals surface area contributed by atoms with Gasteiger partial charge in [0.2, 0.25) is 0 Å². The van der Waals surface area contributed by atoms with E-state index >= 15 is 0 Å². The Hall–Kier alpha value is -6.57. The van der Waals surface area contributed by atoms with Gasteiger partial charge in [-0.3, -0.25) is 4.99 Å². The molecule has 1 heterocycles. The first-order valence-corrected chi connectivity index (χ1v) is 17.7. The topological polar surface area (TPSA) is 12.4 Å². The lowest BCUT2D eigenvalue weighted by molar-refractivity contribution is 1.11. The van der Waals surface area contributed by atoms with Crippen LogP contribution < -0.4 is 0 Å². The van der Waals surface area contributed by atoms with Crippen LogP contribution in [0, 0.1) is 0 Å². The van der Waals surface area contributed by atoms with Gasteiger partial charge in [-0.25, -0.2) is 0 Å². The van der Waals surface area contributed by atoms with Gasteiger partial charge in [-0.15, -0.1) is 0 Å². The van der Waals surface area contributed by atoms with E-state index in [-0.39, 0.29) is 5.92 Å². The van der Waals surface area contributed by atoms with Crippen molar-refractivity contribution in [2.45, 2.75) is 5.92 Å². The van der Waals surface area contributed by atoms with Gasteiger partial charge in [-0.05, 0) is 101 Å². The number of nitrogens with zero attached hydrogens (tertiary/aromatic N) is 1. The van der Waals surface area contributed by atoms with Crippen LogP contribution in [0.25, 0.3) is 65.7 Å². The molecule has 1 nitrogen and oxygen atoms in total. The van der Waals surface area contributed by atoms with Crippen LogP contribution in [-0.2, 0) is 0 Å². The summed E-state index contributed by atoms with van der Waals surface area (Å²) in [5, 5.41) is 7.55. The SMILES string of the molecule is c1ccc(C2=Nc3ccccc3C2c2ccc(-c3ccc4c(-c5ccc6ccccc6c5)c5ccccc5c(-c5ccccc5)c4c3)cc2)cc1. The smallest absolute Gasteiger partial charge is 0.0675 e. The van der Waals surface area contributed by atoms with E-state index in [1.54, 1.807) is 0 Å². The van der Waals surface area contributed by atoms with Gasteiger partial charge in [-0.1, -0.05) is 176 Å². The van der Waals surface area contributed by atoms with Crippen molar-refractivity contribution < 1.29 is 0 Å². The Kier molecular flexibility index (Phi) is 6.96. The highest BCUT2D eigenvalue weighted by atomic mass is 14.8. The number of rotatable bonds is 5. The lowest BCUT2D eigenvalue weighted by atomic mass is 9.83. The van der Waals surface area contributed by atoms with Crippen LogP contribution in [0.15, 0.2) is 199 Å². The molecule has 0 spiro atoms. The van der Waals surface area contributed by atoms with Gasteiger partial charge in [-0.2, -0.15) is 0 Å². The highest BCUT2D eigenvalue weighted by Crippen LogP contribution is 2.46. The molecule has 10 rings (SSSR count). The summed E-state index contributed by atoms with van der Waals surface area (Å²) in [5.74, 6) is 0.0924. The average molecular weight is 648 g/mol. The molecule has 0 aliphatic carbocycles. The van der Waals surface area contributed by atoms with Crippen LogP contribution in [0.2, 0.25) is 0 Å². The lowest BCUT2D eigenvalue weighted by Gasteiger charge is -2.19. The average Bonchev–Trinajstić information content (AvgIpc) is 3.60. The maximum Gasteiger partial charge on any atom is 0.0675 e. The van der Waals surface area contributed by atoms with Gasteiger partial charge in [0.15, 0.2) is 0 Å². The highest BCUT2D eigenvalue weighted by Gasteiger charge is 2.29. The van der Waals surface area contributed by atoms with Gasteiger partial charge in [0.25, 0.3) is 0 Å². The van der Waals surface area contributed by atoms with Gasteiger partial charge in [0.1, 0.15) is 0 Å². The first kappa shape index (κ1) is 29.4. The third-order valence-corrected chi connectivity index (χ3v) is 10.5. The van der Waals surface area contributed by atoms with Crippen molar-refractivity contribution in [3.63, 3.8) is 0 Å². The molecule has 238 valence electrons. The number of hydrogen-bond donors (Lipinski definition) is 0. The first-order chi connectivity index (χ1) is 25.3. The fourth-order valence-electron chi connectivity index (χ4n) is 8.15. The molecule has 1 heteroatoms. The molecular weight excluding hydrogens is 615 g/mol. The van der Waals surface area contributed by atoms with Crippen molar-refractivity contribution >= 4 is 43.7 Å². The Labute approximate surface area is 297 Å². The lowest BCUT2D eigenvalue weighted by Crippen LogP contribution is -2.11. The second-order valence-corrected chi connectivity index (χ2v) is 13.5. The minimum absolute atomic E-state index is 0.0924. The zero-order valence-corrected chi connectivity index (χ0v) is 28.0. The van der Waals surface area contributed by atoms with E-state index in [2.05, 4.69) is 194 Å². The summed E-state index contributed by atoms with van der Waals surface area (Å²) < 4.78 is 0. The summed E-state index contributed by atoms with van der Waals surface area (Å²) in [5.41, 5.74) is 13.3. The fourth-order valence-corrected chi connectivity index (χ4v) is 8.15. The first-order valence-electron chi connectivity index (χ1n) is 17.7. The molecule has 0 amide bonds. The number of hydrogen-bond acceptors (Lipinski definition) is 1. The fraction of sp³-hybridized carbons (Fsp3) is 0.0200. The summed E-state index contributed by atoms with van der Waals surface area (Å²) in [6, 6.07) is 70.6. The Balaban J connectivity index is 1.15. The minimum atomic E-state index is 0.0924. The van der Waals surface area contributed by atoms with Crippen molar-refractivity contribution in [1.82, 2.24) is 0 Å². The Morgan fingerprint density at radius 1 is 0.333 bits per heavy atom. The van der Waals surface area contributed by atoms with Crippen molar-refractivity contribution in [1.29, 1.82) is 0 Å². The van der Waals surface area contributed by atoms with E-state index in [1.165, 1.54) is 82.4 Å². The largest absolute Gasteiger partial charge is 0.252 e. The molecule has 51 heavy (non-hydrogen) atoms. The van der Waals surface area contributed by atoms with Crippen LogP contribution in [0.4, 0.5) is 5.69 Å². The van der Waals surface area contributed by atoms with Gasteiger partial charge in [0, 0.05) is 0 Å². The summed E-state index contributed by atoms with van der Waals surface area (Å²) in [4.78, 5) is 5.12. The predicted octanol–water partition coefficient (Wildman–Crippen LogP) is 13.4. The number of fused-ring (bicyclic) bond motifs is 4. The Morgan fingerprint density at radius 2 is 0.902 bits per heavy atom. The molecular formula is C50H33N. The number of benzene rings is 9. The monoisotopic (exact) mass is 647 g/mol. The van der Waals surface area contributed by atoms with E-state index in [9.17, 15) is 0 Å². The molecule has 0 saturated carbocycles. The third-order valence-electron chi connectivity index (χ3n) is 10.5. The van der Waals surface area contributed by atoms with Gasteiger partial charge >= 0.3 is 0 Å².